The molecule has 8 heteroatoms. The van der Waals surface area contributed by atoms with Gasteiger partial charge in [0.2, 0.25) is 0 Å². The second-order valence-electron chi connectivity index (χ2n) is 6.02. The van der Waals surface area contributed by atoms with Crippen molar-refractivity contribution in [2.75, 3.05) is 25.0 Å². The predicted octanol–water partition coefficient (Wildman–Crippen LogP) is 3.34. The molecule has 1 saturated heterocycles. The summed E-state index contributed by atoms with van der Waals surface area (Å²) in [6.45, 7) is 4.14. The summed E-state index contributed by atoms with van der Waals surface area (Å²) >= 11 is 6.31. The van der Waals surface area contributed by atoms with E-state index in [0.29, 0.717) is 29.5 Å². The fourth-order valence-electron chi connectivity index (χ4n) is 2.89. The van der Waals surface area contributed by atoms with Crippen LogP contribution in [0.3, 0.4) is 0 Å². The Morgan fingerprint density at radius 2 is 2.40 bits per heavy atom. The van der Waals surface area contributed by atoms with E-state index in [-0.39, 0.29) is 12.1 Å². The number of rotatable bonds is 6. The van der Waals surface area contributed by atoms with Crippen LogP contribution >= 0.6 is 11.6 Å². The third-order valence-electron chi connectivity index (χ3n) is 4.09. The van der Waals surface area contributed by atoms with E-state index in [1.807, 2.05) is 0 Å². The van der Waals surface area contributed by atoms with Gasteiger partial charge in [-0.1, -0.05) is 18.5 Å². The zero-order valence-electron chi connectivity index (χ0n) is 14.2. The molecule has 25 heavy (non-hydrogen) atoms. The molecule has 1 aliphatic heterocycles. The summed E-state index contributed by atoms with van der Waals surface area (Å²) in [4.78, 5) is 18.3. The highest BCUT2D eigenvalue weighted by atomic mass is 35.5. The summed E-state index contributed by atoms with van der Waals surface area (Å²) in [5, 5.41) is 7.47. The van der Waals surface area contributed by atoms with E-state index in [9.17, 15) is 4.79 Å². The number of ether oxygens (including phenoxy) is 1. The maximum Gasteiger partial charge on any atom is 0.321 e. The summed E-state index contributed by atoms with van der Waals surface area (Å²) in [6.07, 6.45) is 6.11. The summed E-state index contributed by atoms with van der Waals surface area (Å²) in [6, 6.07) is 5.18. The van der Waals surface area contributed by atoms with Crippen LogP contribution in [-0.4, -0.2) is 51.5 Å². The largest absolute Gasteiger partial charge is 0.376 e. The van der Waals surface area contributed by atoms with E-state index in [1.54, 1.807) is 34.1 Å². The monoisotopic (exact) mass is 363 g/mol. The molecule has 2 heterocycles. The SMILES string of the molecule is CCCN(C[C@@H]1CCCO1)C(=O)Nc1ccc(-n2cncn2)c(Cl)c1. The van der Waals surface area contributed by atoms with Gasteiger partial charge in [0.05, 0.1) is 16.8 Å². The molecule has 0 saturated carbocycles. The van der Waals surface area contributed by atoms with Crippen molar-refractivity contribution in [3.63, 3.8) is 0 Å². The average Bonchev–Trinajstić information content (AvgIpc) is 3.28. The third-order valence-corrected chi connectivity index (χ3v) is 4.40. The van der Waals surface area contributed by atoms with Gasteiger partial charge in [-0.2, -0.15) is 5.10 Å². The standard InChI is InChI=1S/C17H22ClN5O2/c1-2-7-22(10-14-4-3-8-25-14)17(24)21-13-5-6-16(15(18)9-13)23-12-19-11-20-23/h5-6,9,11-12,14H,2-4,7-8,10H2,1H3,(H,21,24)/t14-/m0/s1. The quantitative estimate of drug-likeness (QED) is 0.854. The molecule has 134 valence electrons. The molecule has 0 unspecified atom stereocenters. The number of anilines is 1. The van der Waals surface area contributed by atoms with Crippen LogP contribution in [-0.2, 0) is 4.74 Å². The number of benzene rings is 1. The Bertz CT molecular complexity index is 701. The highest BCUT2D eigenvalue weighted by Crippen LogP contribution is 2.24. The number of carbonyl (C=O) groups excluding carboxylic acids is 1. The van der Waals surface area contributed by atoms with Crippen molar-refractivity contribution in [2.45, 2.75) is 32.3 Å². The van der Waals surface area contributed by atoms with E-state index < -0.39 is 0 Å². The smallest absolute Gasteiger partial charge is 0.321 e. The molecule has 2 aromatic rings. The minimum Gasteiger partial charge on any atom is -0.376 e. The van der Waals surface area contributed by atoms with Gasteiger partial charge in [-0.15, -0.1) is 0 Å². The first kappa shape index (κ1) is 17.7. The van der Waals surface area contributed by atoms with Gasteiger partial charge in [0, 0.05) is 25.4 Å². The number of hydrogen-bond donors (Lipinski definition) is 1. The first-order valence-electron chi connectivity index (χ1n) is 8.49. The van der Waals surface area contributed by atoms with Crippen LogP contribution in [0.4, 0.5) is 10.5 Å². The van der Waals surface area contributed by atoms with Crippen molar-refractivity contribution >= 4 is 23.3 Å². The van der Waals surface area contributed by atoms with Gasteiger partial charge >= 0.3 is 6.03 Å². The molecule has 0 radical (unpaired) electrons. The number of halogens is 1. The fraction of sp³-hybridized carbons (Fsp3) is 0.471. The molecule has 1 aliphatic rings. The molecule has 0 bridgehead atoms. The third kappa shape index (κ3) is 4.49. The summed E-state index contributed by atoms with van der Waals surface area (Å²) < 4.78 is 7.23. The van der Waals surface area contributed by atoms with E-state index >= 15 is 0 Å². The van der Waals surface area contributed by atoms with Crippen molar-refractivity contribution < 1.29 is 9.53 Å². The van der Waals surface area contributed by atoms with E-state index in [4.69, 9.17) is 16.3 Å². The number of carbonyl (C=O) groups is 1. The van der Waals surface area contributed by atoms with Crippen molar-refractivity contribution in [1.82, 2.24) is 19.7 Å². The van der Waals surface area contributed by atoms with Crippen LogP contribution in [0.2, 0.25) is 5.02 Å². The van der Waals surface area contributed by atoms with E-state index in [0.717, 1.165) is 25.9 Å². The average molecular weight is 364 g/mol. The van der Waals surface area contributed by atoms with E-state index in [2.05, 4.69) is 22.3 Å². The molecular weight excluding hydrogens is 342 g/mol. The maximum absolute atomic E-state index is 12.6. The molecule has 0 spiro atoms. The van der Waals surface area contributed by atoms with Crippen LogP contribution in [0.5, 0.6) is 0 Å². The predicted molar refractivity (Wildman–Crippen MR) is 96.2 cm³/mol. The Hall–Kier alpha value is -2.12. The van der Waals surface area contributed by atoms with Crippen LogP contribution in [0.25, 0.3) is 5.69 Å². The van der Waals surface area contributed by atoms with Gasteiger partial charge < -0.3 is 15.0 Å². The van der Waals surface area contributed by atoms with Crippen molar-refractivity contribution in [3.8, 4) is 5.69 Å². The molecule has 7 nitrogen and oxygen atoms in total. The van der Waals surface area contributed by atoms with Crippen LogP contribution in [0.15, 0.2) is 30.9 Å². The van der Waals surface area contributed by atoms with Gasteiger partial charge in [0.25, 0.3) is 0 Å². The number of urea groups is 1. The van der Waals surface area contributed by atoms with Crippen molar-refractivity contribution in [3.05, 3.63) is 35.9 Å². The number of amides is 2. The first-order chi connectivity index (χ1) is 12.2. The van der Waals surface area contributed by atoms with Crippen LogP contribution in [0, 0.1) is 0 Å². The topological polar surface area (TPSA) is 72.3 Å². The molecule has 0 aliphatic carbocycles. The lowest BCUT2D eigenvalue weighted by Gasteiger charge is -2.25. The van der Waals surface area contributed by atoms with Gasteiger partial charge in [0.15, 0.2) is 0 Å². The minimum atomic E-state index is -0.137. The normalized spacial score (nSPS) is 16.8. The molecule has 1 fully saturated rings. The van der Waals surface area contributed by atoms with Gasteiger partial charge in [-0.3, -0.25) is 0 Å². The second kappa shape index (κ2) is 8.31. The highest BCUT2D eigenvalue weighted by molar-refractivity contribution is 6.32. The summed E-state index contributed by atoms with van der Waals surface area (Å²) in [5.74, 6) is 0. The first-order valence-corrected chi connectivity index (χ1v) is 8.87. The molecule has 1 atom stereocenters. The Balaban J connectivity index is 1.67. The number of aromatic nitrogens is 3. The second-order valence-corrected chi connectivity index (χ2v) is 6.42. The van der Waals surface area contributed by atoms with Gasteiger partial charge in [0.1, 0.15) is 12.7 Å². The molecular formula is C17H22ClN5O2. The minimum absolute atomic E-state index is 0.135. The highest BCUT2D eigenvalue weighted by Gasteiger charge is 2.22. The van der Waals surface area contributed by atoms with E-state index in [1.165, 1.54) is 6.33 Å². The lowest BCUT2D eigenvalue weighted by atomic mass is 10.2. The Kier molecular flexibility index (Phi) is 5.88. The lowest BCUT2D eigenvalue weighted by molar-refractivity contribution is 0.0836. The summed E-state index contributed by atoms with van der Waals surface area (Å²) in [5.41, 5.74) is 1.36. The number of nitrogens with zero attached hydrogens (tertiary/aromatic N) is 4. The molecule has 1 aromatic carbocycles. The Morgan fingerprint density at radius 1 is 1.52 bits per heavy atom. The van der Waals surface area contributed by atoms with Crippen LogP contribution in [0.1, 0.15) is 26.2 Å². The molecule has 1 aromatic heterocycles. The Labute approximate surface area is 151 Å². The van der Waals surface area contributed by atoms with Crippen LogP contribution < -0.4 is 5.32 Å². The summed E-state index contributed by atoms with van der Waals surface area (Å²) in [7, 11) is 0. The van der Waals surface area contributed by atoms with Crippen molar-refractivity contribution in [1.29, 1.82) is 0 Å². The zero-order chi connectivity index (χ0) is 17.6. The zero-order valence-corrected chi connectivity index (χ0v) is 14.9. The lowest BCUT2D eigenvalue weighted by Crippen LogP contribution is -2.40. The molecule has 3 rings (SSSR count). The van der Waals surface area contributed by atoms with Gasteiger partial charge in [-0.05, 0) is 37.5 Å². The number of hydrogen-bond acceptors (Lipinski definition) is 4. The molecule has 1 N–H and O–H groups in total. The maximum atomic E-state index is 12.6. The fourth-order valence-corrected chi connectivity index (χ4v) is 3.15. The molecule has 2 amide bonds. The Morgan fingerprint density at radius 3 is 3.04 bits per heavy atom. The number of nitrogens with one attached hydrogen (secondary N) is 1. The van der Waals surface area contributed by atoms with Gasteiger partial charge in [-0.25, -0.2) is 14.5 Å². The van der Waals surface area contributed by atoms with Crippen molar-refractivity contribution in [2.24, 2.45) is 0 Å².